The summed E-state index contributed by atoms with van der Waals surface area (Å²) in [6.45, 7) is 4.85. The number of methoxy groups -OCH3 is 1. The third-order valence-corrected chi connectivity index (χ3v) is 4.38. The van der Waals surface area contributed by atoms with Crippen LogP contribution in [0.1, 0.15) is 29.3 Å². The molecule has 0 bridgehead atoms. The highest BCUT2D eigenvalue weighted by Gasteiger charge is 2.17. The van der Waals surface area contributed by atoms with Gasteiger partial charge in [0.25, 0.3) is 5.91 Å². The molecule has 0 aromatic heterocycles. The lowest BCUT2D eigenvalue weighted by molar-refractivity contribution is 0.0955. The van der Waals surface area contributed by atoms with E-state index in [1.54, 1.807) is 20.1 Å². The van der Waals surface area contributed by atoms with Crippen LogP contribution in [-0.2, 0) is 14.8 Å². The molecule has 0 unspecified atom stereocenters. The lowest BCUT2D eigenvalue weighted by atomic mass is 10.1. The first-order chi connectivity index (χ1) is 9.92. The molecule has 1 aromatic carbocycles. The van der Waals surface area contributed by atoms with E-state index >= 15 is 0 Å². The summed E-state index contributed by atoms with van der Waals surface area (Å²) in [5, 5.41) is 2.67. The molecule has 6 nitrogen and oxygen atoms in total. The van der Waals surface area contributed by atoms with Gasteiger partial charge < -0.3 is 10.1 Å². The summed E-state index contributed by atoms with van der Waals surface area (Å²) in [5.41, 5.74) is 1.11. The normalized spacial score (nSPS) is 11.4. The Balaban J connectivity index is 2.92. The molecule has 0 radical (unpaired) electrons. The van der Waals surface area contributed by atoms with Gasteiger partial charge in [0.1, 0.15) is 0 Å². The van der Waals surface area contributed by atoms with Gasteiger partial charge in [0.2, 0.25) is 10.0 Å². The average Bonchev–Trinajstić information content (AvgIpc) is 2.44. The smallest absolute Gasteiger partial charge is 0.251 e. The molecule has 0 atom stereocenters. The van der Waals surface area contributed by atoms with Crippen molar-refractivity contribution < 1.29 is 17.9 Å². The fourth-order valence-electron chi connectivity index (χ4n) is 1.78. The maximum absolute atomic E-state index is 12.2. The molecule has 118 valence electrons. The van der Waals surface area contributed by atoms with Gasteiger partial charge in [-0.1, -0.05) is 6.07 Å². The highest BCUT2D eigenvalue weighted by molar-refractivity contribution is 7.89. The number of rotatable bonds is 8. The minimum Gasteiger partial charge on any atom is -0.385 e. The molecule has 7 heteroatoms. The predicted molar refractivity (Wildman–Crippen MR) is 80.9 cm³/mol. The zero-order chi connectivity index (χ0) is 15.9. The van der Waals surface area contributed by atoms with E-state index in [4.69, 9.17) is 4.74 Å². The summed E-state index contributed by atoms with van der Waals surface area (Å²) in [7, 11) is -2.05. The maximum Gasteiger partial charge on any atom is 0.251 e. The summed E-state index contributed by atoms with van der Waals surface area (Å²) < 4.78 is 31.7. The predicted octanol–water partition coefficient (Wildman–Crippen LogP) is 1.06. The van der Waals surface area contributed by atoms with Gasteiger partial charge in [-0.3, -0.25) is 4.79 Å². The molecule has 0 aliphatic carbocycles. The number of amides is 1. The monoisotopic (exact) mass is 314 g/mol. The number of carbonyl (C=O) groups excluding carboxylic acids is 1. The van der Waals surface area contributed by atoms with Crippen LogP contribution in [-0.4, -0.2) is 41.1 Å². The summed E-state index contributed by atoms with van der Waals surface area (Å²) in [6.07, 6.45) is 0.588. The number of nitrogens with one attached hydrogen (secondary N) is 2. The van der Waals surface area contributed by atoms with E-state index in [0.717, 1.165) is 5.56 Å². The first kappa shape index (κ1) is 17.6. The number of hydrogen-bond donors (Lipinski definition) is 2. The summed E-state index contributed by atoms with van der Waals surface area (Å²) in [4.78, 5) is 12.0. The second-order valence-corrected chi connectivity index (χ2v) is 6.35. The Morgan fingerprint density at radius 2 is 2.05 bits per heavy atom. The maximum atomic E-state index is 12.2. The lowest BCUT2D eigenvalue weighted by Gasteiger charge is -2.10. The number of benzene rings is 1. The average molecular weight is 314 g/mol. The van der Waals surface area contributed by atoms with Crippen LogP contribution in [0.5, 0.6) is 0 Å². The topological polar surface area (TPSA) is 84.5 Å². The Morgan fingerprint density at radius 1 is 1.33 bits per heavy atom. The molecule has 0 heterocycles. The SMILES string of the molecule is CCNC(=O)c1cc(S(=O)(=O)NCCCOC)ccc1C. The van der Waals surface area contributed by atoms with Gasteiger partial charge >= 0.3 is 0 Å². The molecule has 0 spiro atoms. The van der Waals surface area contributed by atoms with Crippen molar-refractivity contribution in [1.82, 2.24) is 10.0 Å². The van der Waals surface area contributed by atoms with Crippen molar-refractivity contribution in [2.24, 2.45) is 0 Å². The van der Waals surface area contributed by atoms with E-state index in [1.165, 1.54) is 12.1 Å². The first-order valence-corrected chi connectivity index (χ1v) is 8.28. The molecule has 1 aromatic rings. The molecule has 21 heavy (non-hydrogen) atoms. The second-order valence-electron chi connectivity index (χ2n) is 4.58. The molecule has 0 aliphatic rings. The number of sulfonamides is 1. The number of aryl methyl sites for hydroxylation is 1. The van der Waals surface area contributed by atoms with Crippen molar-refractivity contribution in [2.45, 2.75) is 25.2 Å². The van der Waals surface area contributed by atoms with Crippen LogP contribution in [0.4, 0.5) is 0 Å². The summed E-state index contributed by atoms with van der Waals surface area (Å²) >= 11 is 0. The number of ether oxygens (including phenoxy) is 1. The Kier molecular flexibility index (Phi) is 6.80. The van der Waals surface area contributed by atoms with Crippen LogP contribution in [0.3, 0.4) is 0 Å². The molecule has 0 fully saturated rings. The van der Waals surface area contributed by atoms with Crippen molar-refractivity contribution >= 4 is 15.9 Å². The third-order valence-electron chi connectivity index (χ3n) is 2.92. The number of hydrogen-bond acceptors (Lipinski definition) is 4. The largest absolute Gasteiger partial charge is 0.385 e. The van der Waals surface area contributed by atoms with Gasteiger partial charge in [0.15, 0.2) is 0 Å². The zero-order valence-corrected chi connectivity index (χ0v) is 13.4. The molecule has 2 N–H and O–H groups in total. The van der Waals surface area contributed by atoms with Crippen molar-refractivity contribution in [2.75, 3.05) is 26.8 Å². The van der Waals surface area contributed by atoms with Gasteiger partial charge in [-0.2, -0.15) is 0 Å². The van der Waals surface area contributed by atoms with Crippen molar-refractivity contribution in [1.29, 1.82) is 0 Å². The molecule has 1 amide bonds. The van der Waals surface area contributed by atoms with E-state index in [2.05, 4.69) is 10.0 Å². The Labute approximate surface area is 125 Å². The van der Waals surface area contributed by atoms with Crippen molar-refractivity contribution in [3.8, 4) is 0 Å². The van der Waals surface area contributed by atoms with E-state index in [-0.39, 0.29) is 10.8 Å². The molecular formula is C14H22N2O4S. The van der Waals surface area contributed by atoms with Crippen LogP contribution in [0.2, 0.25) is 0 Å². The Bertz CT molecular complexity index is 585. The first-order valence-electron chi connectivity index (χ1n) is 6.79. The van der Waals surface area contributed by atoms with E-state index < -0.39 is 10.0 Å². The van der Waals surface area contributed by atoms with Gasteiger partial charge in [0, 0.05) is 32.4 Å². The van der Waals surface area contributed by atoms with Crippen LogP contribution in [0.15, 0.2) is 23.1 Å². The van der Waals surface area contributed by atoms with Crippen molar-refractivity contribution in [3.05, 3.63) is 29.3 Å². The molecule has 0 aliphatic heterocycles. The highest BCUT2D eigenvalue weighted by Crippen LogP contribution is 2.15. The zero-order valence-electron chi connectivity index (χ0n) is 12.6. The van der Waals surface area contributed by atoms with Crippen LogP contribution >= 0.6 is 0 Å². The highest BCUT2D eigenvalue weighted by atomic mass is 32.2. The summed E-state index contributed by atoms with van der Waals surface area (Å²) in [6, 6.07) is 4.53. The lowest BCUT2D eigenvalue weighted by Crippen LogP contribution is -2.27. The molecule has 0 saturated carbocycles. The van der Waals surface area contributed by atoms with E-state index in [0.29, 0.717) is 31.7 Å². The van der Waals surface area contributed by atoms with Crippen LogP contribution < -0.4 is 10.0 Å². The second kappa shape index (κ2) is 8.11. The Hall–Kier alpha value is -1.44. The standard InChI is InChI=1S/C14H22N2O4S/c1-4-15-14(17)13-10-12(7-6-11(13)2)21(18,19)16-8-5-9-20-3/h6-7,10,16H,4-5,8-9H2,1-3H3,(H,15,17). The fourth-order valence-corrected chi connectivity index (χ4v) is 2.87. The number of carbonyl (C=O) groups is 1. The molecule has 1 rings (SSSR count). The minimum absolute atomic E-state index is 0.0896. The van der Waals surface area contributed by atoms with E-state index in [1.807, 2.05) is 6.92 Å². The van der Waals surface area contributed by atoms with E-state index in [9.17, 15) is 13.2 Å². The fraction of sp³-hybridized carbons (Fsp3) is 0.500. The minimum atomic E-state index is -3.61. The quantitative estimate of drug-likeness (QED) is 0.703. The van der Waals surface area contributed by atoms with Gasteiger partial charge in [-0.15, -0.1) is 0 Å². The van der Waals surface area contributed by atoms with Gasteiger partial charge in [-0.05, 0) is 38.0 Å². The summed E-state index contributed by atoms with van der Waals surface area (Å²) in [5.74, 6) is -0.272. The Morgan fingerprint density at radius 3 is 2.67 bits per heavy atom. The molecular weight excluding hydrogens is 292 g/mol. The molecule has 0 saturated heterocycles. The third kappa shape index (κ3) is 5.11. The van der Waals surface area contributed by atoms with Crippen LogP contribution in [0, 0.1) is 6.92 Å². The van der Waals surface area contributed by atoms with Gasteiger partial charge in [-0.25, -0.2) is 13.1 Å². The van der Waals surface area contributed by atoms with Crippen LogP contribution in [0.25, 0.3) is 0 Å². The van der Waals surface area contributed by atoms with Crippen molar-refractivity contribution in [3.63, 3.8) is 0 Å². The van der Waals surface area contributed by atoms with Gasteiger partial charge in [0.05, 0.1) is 4.90 Å².